The zero-order valence-electron chi connectivity index (χ0n) is 10.1. The molecule has 0 radical (unpaired) electrons. The highest BCUT2D eigenvalue weighted by molar-refractivity contribution is 5.42. The third-order valence-electron chi connectivity index (χ3n) is 3.26. The molecule has 0 saturated heterocycles. The molecule has 1 aromatic carbocycles. The fourth-order valence-corrected chi connectivity index (χ4v) is 2.29. The summed E-state index contributed by atoms with van der Waals surface area (Å²) in [5.74, 6) is 0.871. The van der Waals surface area contributed by atoms with Crippen LogP contribution in [0.1, 0.15) is 36.8 Å². The van der Waals surface area contributed by atoms with Crippen molar-refractivity contribution >= 4 is 6.08 Å². The molecule has 0 unspecified atom stereocenters. The molecule has 17 heavy (non-hydrogen) atoms. The van der Waals surface area contributed by atoms with E-state index in [-0.39, 0.29) is 0 Å². The summed E-state index contributed by atoms with van der Waals surface area (Å²) in [5, 5.41) is 0. The quantitative estimate of drug-likeness (QED) is 0.589. The van der Waals surface area contributed by atoms with Crippen LogP contribution in [-0.4, -0.2) is 12.2 Å². The van der Waals surface area contributed by atoms with Crippen molar-refractivity contribution in [1.29, 1.82) is 0 Å². The number of isocyanates is 1. The van der Waals surface area contributed by atoms with Crippen molar-refractivity contribution in [3.05, 3.63) is 29.3 Å². The number of nitrogens with zero attached hydrogens (tertiary/aromatic N) is 1. The molecule has 1 aliphatic rings. The predicted octanol–water partition coefficient (Wildman–Crippen LogP) is 3.15. The summed E-state index contributed by atoms with van der Waals surface area (Å²) in [5.41, 5.74) is 2.11. The van der Waals surface area contributed by atoms with Gasteiger partial charge in [0.15, 0.2) is 0 Å². The maximum Gasteiger partial charge on any atom is 0.235 e. The SMILES string of the molecule is Cc1cccc(OC2CCCC2)c1CN=C=O. The minimum Gasteiger partial charge on any atom is -0.490 e. The Balaban J connectivity index is 2.18. The van der Waals surface area contributed by atoms with Gasteiger partial charge in [-0.1, -0.05) is 12.1 Å². The first kappa shape index (κ1) is 11.9. The van der Waals surface area contributed by atoms with Gasteiger partial charge < -0.3 is 4.74 Å². The Hall–Kier alpha value is -1.60. The predicted molar refractivity (Wildman–Crippen MR) is 65.9 cm³/mol. The van der Waals surface area contributed by atoms with E-state index in [1.54, 1.807) is 6.08 Å². The third kappa shape index (κ3) is 2.95. The van der Waals surface area contributed by atoms with Crippen molar-refractivity contribution in [3.63, 3.8) is 0 Å². The second-order valence-corrected chi connectivity index (χ2v) is 4.48. The lowest BCUT2D eigenvalue weighted by Crippen LogP contribution is -2.12. The number of aryl methyl sites for hydroxylation is 1. The molecule has 3 nitrogen and oxygen atoms in total. The molecular formula is C14H17NO2. The highest BCUT2D eigenvalue weighted by atomic mass is 16.5. The maximum atomic E-state index is 10.2. The molecule has 0 N–H and O–H groups in total. The summed E-state index contributed by atoms with van der Waals surface area (Å²) >= 11 is 0. The fraction of sp³-hybridized carbons (Fsp3) is 0.500. The Morgan fingerprint density at radius 2 is 2.18 bits per heavy atom. The normalized spacial score (nSPS) is 15.6. The van der Waals surface area contributed by atoms with Crippen molar-refractivity contribution in [3.8, 4) is 5.75 Å². The lowest BCUT2D eigenvalue weighted by molar-refractivity contribution is 0.208. The first-order valence-electron chi connectivity index (χ1n) is 6.10. The Kier molecular flexibility index (Phi) is 3.94. The van der Waals surface area contributed by atoms with E-state index in [4.69, 9.17) is 4.74 Å². The average Bonchev–Trinajstić information content (AvgIpc) is 2.81. The number of hydrogen-bond donors (Lipinski definition) is 0. The van der Waals surface area contributed by atoms with Crippen molar-refractivity contribution in [2.45, 2.75) is 45.3 Å². The summed E-state index contributed by atoms with van der Waals surface area (Å²) in [6.45, 7) is 2.37. The zero-order valence-corrected chi connectivity index (χ0v) is 10.1. The Bertz CT molecular complexity index is 430. The third-order valence-corrected chi connectivity index (χ3v) is 3.26. The van der Waals surface area contributed by atoms with E-state index in [9.17, 15) is 4.79 Å². The summed E-state index contributed by atoms with van der Waals surface area (Å²) in [4.78, 5) is 13.9. The lowest BCUT2D eigenvalue weighted by Gasteiger charge is -2.16. The van der Waals surface area contributed by atoms with Gasteiger partial charge in [0.05, 0.1) is 12.6 Å². The van der Waals surface area contributed by atoms with Crippen molar-refractivity contribution in [2.24, 2.45) is 4.99 Å². The molecule has 0 atom stereocenters. The number of aliphatic imine (C=N–C) groups is 1. The molecular weight excluding hydrogens is 214 g/mol. The first-order chi connectivity index (χ1) is 8.31. The Morgan fingerprint density at radius 3 is 2.88 bits per heavy atom. The molecule has 0 spiro atoms. The van der Waals surface area contributed by atoms with Gasteiger partial charge in [-0.25, -0.2) is 9.79 Å². The largest absolute Gasteiger partial charge is 0.490 e. The van der Waals surface area contributed by atoms with Gasteiger partial charge >= 0.3 is 0 Å². The van der Waals surface area contributed by atoms with Crippen molar-refractivity contribution in [2.75, 3.05) is 0 Å². The van der Waals surface area contributed by atoms with Gasteiger partial charge in [-0.15, -0.1) is 0 Å². The number of ether oxygens (including phenoxy) is 1. The van der Waals surface area contributed by atoms with Crippen LogP contribution in [0.5, 0.6) is 5.75 Å². The van der Waals surface area contributed by atoms with Crippen LogP contribution < -0.4 is 4.74 Å². The van der Waals surface area contributed by atoms with E-state index in [0.717, 1.165) is 29.7 Å². The summed E-state index contributed by atoms with van der Waals surface area (Å²) in [7, 11) is 0. The number of hydrogen-bond acceptors (Lipinski definition) is 3. The Labute approximate surface area is 102 Å². The van der Waals surface area contributed by atoms with Crippen molar-refractivity contribution in [1.82, 2.24) is 0 Å². The molecule has 3 heteroatoms. The summed E-state index contributed by atoms with van der Waals surface area (Å²) in [6.07, 6.45) is 6.67. The van der Waals surface area contributed by atoms with E-state index < -0.39 is 0 Å². The average molecular weight is 231 g/mol. The van der Waals surface area contributed by atoms with Crippen LogP contribution in [-0.2, 0) is 11.3 Å². The van der Waals surface area contributed by atoms with Crippen LogP contribution in [0.15, 0.2) is 23.2 Å². The van der Waals surface area contributed by atoms with Crippen LogP contribution in [0.25, 0.3) is 0 Å². The molecule has 90 valence electrons. The molecule has 1 aromatic rings. The molecule has 0 aliphatic heterocycles. The molecule has 0 aromatic heterocycles. The van der Waals surface area contributed by atoms with Crippen molar-refractivity contribution < 1.29 is 9.53 Å². The van der Waals surface area contributed by atoms with Gasteiger partial charge in [0.2, 0.25) is 6.08 Å². The number of rotatable bonds is 4. The Morgan fingerprint density at radius 1 is 1.41 bits per heavy atom. The van der Waals surface area contributed by atoms with Gasteiger partial charge in [-0.2, -0.15) is 0 Å². The van der Waals surface area contributed by atoms with E-state index in [1.807, 2.05) is 25.1 Å². The van der Waals surface area contributed by atoms with E-state index in [1.165, 1.54) is 12.8 Å². The molecule has 0 bridgehead atoms. The van der Waals surface area contributed by atoms with Crippen LogP contribution >= 0.6 is 0 Å². The van der Waals surface area contributed by atoms with Crippen LogP contribution in [0, 0.1) is 6.92 Å². The first-order valence-corrected chi connectivity index (χ1v) is 6.10. The lowest BCUT2D eigenvalue weighted by atomic mass is 10.1. The number of benzene rings is 1. The van der Waals surface area contributed by atoms with Gasteiger partial charge in [-0.05, 0) is 44.2 Å². The second-order valence-electron chi connectivity index (χ2n) is 4.48. The minimum atomic E-state index is 0.329. The van der Waals surface area contributed by atoms with E-state index >= 15 is 0 Å². The molecule has 2 rings (SSSR count). The van der Waals surface area contributed by atoms with Gasteiger partial charge in [-0.3, -0.25) is 0 Å². The zero-order chi connectivity index (χ0) is 12.1. The second kappa shape index (κ2) is 5.65. The monoisotopic (exact) mass is 231 g/mol. The minimum absolute atomic E-state index is 0.329. The van der Waals surface area contributed by atoms with E-state index in [0.29, 0.717) is 12.6 Å². The maximum absolute atomic E-state index is 10.2. The summed E-state index contributed by atoms with van der Waals surface area (Å²) < 4.78 is 5.99. The van der Waals surface area contributed by atoms with E-state index in [2.05, 4.69) is 4.99 Å². The van der Waals surface area contributed by atoms with Crippen LogP contribution in [0.4, 0.5) is 0 Å². The van der Waals surface area contributed by atoms with Crippen LogP contribution in [0.2, 0.25) is 0 Å². The van der Waals surface area contributed by atoms with Crippen LogP contribution in [0.3, 0.4) is 0 Å². The molecule has 1 fully saturated rings. The standard InChI is InChI=1S/C14H17NO2/c1-11-5-4-8-14(13(11)9-15-10-16)17-12-6-2-3-7-12/h4-5,8,12H,2-3,6-7,9H2,1H3. The van der Waals surface area contributed by atoms with Gasteiger partial charge in [0.1, 0.15) is 5.75 Å². The summed E-state index contributed by atoms with van der Waals surface area (Å²) in [6, 6.07) is 5.95. The highest BCUT2D eigenvalue weighted by Gasteiger charge is 2.18. The number of carbonyl (C=O) groups excluding carboxylic acids is 1. The molecule has 0 amide bonds. The van der Waals surface area contributed by atoms with Gasteiger partial charge in [0.25, 0.3) is 0 Å². The van der Waals surface area contributed by atoms with Gasteiger partial charge in [0, 0.05) is 5.56 Å². The highest BCUT2D eigenvalue weighted by Crippen LogP contribution is 2.28. The molecule has 0 heterocycles. The molecule has 1 aliphatic carbocycles. The fourth-order valence-electron chi connectivity index (χ4n) is 2.29. The topological polar surface area (TPSA) is 38.7 Å². The smallest absolute Gasteiger partial charge is 0.235 e. The molecule has 1 saturated carbocycles.